The number of halogens is 4. The highest BCUT2D eigenvalue weighted by Gasteiger charge is 2.51. The van der Waals surface area contributed by atoms with Gasteiger partial charge in [-0.1, -0.05) is 0 Å². The second-order valence-electron chi connectivity index (χ2n) is 7.78. The summed E-state index contributed by atoms with van der Waals surface area (Å²) in [6.07, 6.45) is -5.82. The van der Waals surface area contributed by atoms with Crippen LogP contribution in [0.2, 0.25) is 0 Å². The maximum absolute atomic E-state index is 12.7. The van der Waals surface area contributed by atoms with Gasteiger partial charge in [-0.05, 0) is 52.8 Å². The number of hydrogen-bond donors (Lipinski definition) is 2. The van der Waals surface area contributed by atoms with Crippen molar-refractivity contribution in [1.82, 2.24) is 0 Å². The van der Waals surface area contributed by atoms with Crippen LogP contribution < -0.4 is 14.4 Å². The molecule has 1 amide bonds. The molecule has 0 bridgehead atoms. The summed E-state index contributed by atoms with van der Waals surface area (Å²) in [6, 6.07) is 4.82. The van der Waals surface area contributed by atoms with Crippen molar-refractivity contribution in [3.63, 3.8) is 0 Å². The second-order valence-corrected chi connectivity index (χ2v) is 9.54. The third kappa shape index (κ3) is 7.60. The largest absolute Gasteiger partial charge is 0.489 e. The number of benzene rings is 1. The first-order valence-corrected chi connectivity index (χ1v) is 12.0. The number of carboxylic acid groups (broad SMARTS) is 1. The van der Waals surface area contributed by atoms with Gasteiger partial charge in [-0.15, -0.1) is 0 Å². The first-order valence-electron chi connectivity index (χ1n) is 8.71. The van der Waals surface area contributed by atoms with E-state index in [0.717, 1.165) is 19.5 Å². The number of anilines is 2. The zero-order valence-electron chi connectivity index (χ0n) is 17.1. The Bertz CT molecular complexity index is 769. The van der Waals surface area contributed by atoms with Crippen molar-refractivity contribution in [3.05, 3.63) is 18.2 Å². The third-order valence-electron chi connectivity index (χ3n) is 3.78. The summed E-state index contributed by atoms with van der Waals surface area (Å²) < 4.78 is 50.1. The lowest BCUT2D eigenvalue weighted by atomic mass is 9.98. The number of rotatable bonds is 3. The van der Waals surface area contributed by atoms with E-state index in [1.807, 2.05) is 4.31 Å². The zero-order valence-corrected chi connectivity index (χ0v) is 20.1. The smallest absolute Gasteiger partial charge is 0.427 e. The normalized spacial score (nSPS) is 14.0. The first kappa shape index (κ1) is 26.5. The number of nitrogens with zero attached hydrogens (tertiary/aromatic N) is 1. The van der Waals surface area contributed by atoms with Crippen LogP contribution in [0.15, 0.2) is 18.2 Å². The minimum absolute atomic E-state index is 0.327. The van der Waals surface area contributed by atoms with Crippen LogP contribution in [0.3, 0.4) is 0 Å². The van der Waals surface area contributed by atoms with E-state index in [1.54, 1.807) is 39.0 Å². The maximum Gasteiger partial charge on any atom is 0.427 e. The lowest BCUT2D eigenvalue weighted by Gasteiger charge is -2.29. The fourth-order valence-corrected chi connectivity index (χ4v) is 3.36. The van der Waals surface area contributed by atoms with E-state index in [9.17, 15) is 22.8 Å². The molecule has 0 fully saturated rings. The molecule has 1 heterocycles. The Labute approximate surface area is 189 Å². The molecule has 1 aromatic carbocycles. The molecular weight excluding hydrogens is 540 g/mol. The molecule has 0 atom stereocenters. The van der Waals surface area contributed by atoms with Crippen molar-refractivity contribution in [1.29, 1.82) is 0 Å². The van der Waals surface area contributed by atoms with Crippen LogP contribution in [0.5, 0.6) is 5.75 Å². The second kappa shape index (κ2) is 10.2. The summed E-state index contributed by atoms with van der Waals surface area (Å²) in [6.45, 7) is 7.77. The van der Waals surface area contributed by atoms with Gasteiger partial charge in [0.2, 0.25) is 5.60 Å². The molecule has 1 aliphatic heterocycles. The molecule has 2 N–H and O–H groups in total. The van der Waals surface area contributed by atoms with Gasteiger partial charge in [0.1, 0.15) is 12.4 Å². The summed E-state index contributed by atoms with van der Waals surface area (Å²) in [7, 11) is 1.46. The Morgan fingerprint density at radius 1 is 1.23 bits per heavy atom. The number of carbonyl (C=O) groups is 2. The van der Waals surface area contributed by atoms with E-state index in [2.05, 4.69) is 31.3 Å². The van der Waals surface area contributed by atoms with Crippen LogP contribution in [0, 0.1) is 5.41 Å². The SMILES string of the molecule is CC(C)(C)C(=O)O.CC(C)(OC(=O)Nc1ccc2c(c1)N(SI)CCO2)C(F)(F)F. The standard InChI is InChI=1S/C13H14F3IN2O3S.C5H10O2/c1-12(2,13(14,15)16)22-11(20)18-8-3-4-10-9(7-8)19(23-17)5-6-21-10;1-5(2,3)4(6)7/h3-4,7H,5-6H2,1-2H3,(H,18,20);1-3H3,(H,6,7). The molecule has 0 spiro atoms. The van der Waals surface area contributed by atoms with Gasteiger partial charge in [-0.3, -0.25) is 10.1 Å². The van der Waals surface area contributed by atoms with Gasteiger partial charge in [0.15, 0.2) is 0 Å². The molecule has 2 rings (SSSR count). The average molecular weight is 564 g/mol. The third-order valence-corrected chi connectivity index (χ3v) is 5.75. The number of ether oxygens (including phenoxy) is 2. The van der Waals surface area contributed by atoms with Crippen LogP contribution >= 0.6 is 30.3 Å². The van der Waals surface area contributed by atoms with Crippen molar-refractivity contribution >= 4 is 53.8 Å². The van der Waals surface area contributed by atoms with Crippen molar-refractivity contribution in [2.45, 2.75) is 46.4 Å². The number of alkyl halides is 3. The molecule has 0 unspecified atom stereocenters. The first-order chi connectivity index (χ1) is 13.6. The fourth-order valence-electron chi connectivity index (χ4n) is 1.78. The summed E-state index contributed by atoms with van der Waals surface area (Å²) >= 11 is 2.12. The average Bonchev–Trinajstić information content (AvgIpc) is 2.59. The predicted octanol–water partition coefficient (Wildman–Crippen LogP) is 5.89. The maximum atomic E-state index is 12.7. The van der Waals surface area contributed by atoms with Crippen LogP contribution in [-0.4, -0.2) is 42.1 Å². The topological polar surface area (TPSA) is 88.1 Å². The number of amides is 1. The van der Waals surface area contributed by atoms with Gasteiger partial charge in [0.25, 0.3) is 0 Å². The van der Waals surface area contributed by atoms with E-state index >= 15 is 0 Å². The quantitative estimate of drug-likeness (QED) is 0.350. The molecule has 0 saturated heterocycles. The summed E-state index contributed by atoms with van der Waals surface area (Å²) in [5, 5.41) is 10.6. The Hall–Kier alpha value is -1.57. The van der Waals surface area contributed by atoms with Crippen LogP contribution in [0.25, 0.3) is 0 Å². The van der Waals surface area contributed by atoms with Crippen LogP contribution in [0.4, 0.5) is 29.3 Å². The van der Waals surface area contributed by atoms with Gasteiger partial charge in [-0.2, -0.15) is 13.2 Å². The molecule has 170 valence electrons. The molecule has 7 nitrogen and oxygen atoms in total. The molecule has 0 aromatic heterocycles. The van der Waals surface area contributed by atoms with Gasteiger partial charge in [0.05, 0.1) is 17.6 Å². The number of nitrogens with one attached hydrogen (secondary N) is 1. The highest BCUT2D eigenvalue weighted by atomic mass is 127. The highest BCUT2D eigenvalue weighted by molar-refractivity contribution is 14.2. The number of aliphatic carboxylic acids is 1. The van der Waals surface area contributed by atoms with Gasteiger partial charge in [-0.25, -0.2) is 4.79 Å². The van der Waals surface area contributed by atoms with E-state index < -0.39 is 29.3 Å². The molecule has 0 saturated carbocycles. The fraction of sp³-hybridized carbons (Fsp3) is 0.556. The number of fused-ring (bicyclic) bond motifs is 1. The van der Waals surface area contributed by atoms with Gasteiger partial charge >= 0.3 is 18.2 Å². The Morgan fingerprint density at radius 2 is 1.80 bits per heavy atom. The number of carboxylic acids is 1. The van der Waals surface area contributed by atoms with Crippen molar-refractivity contribution in [2.75, 3.05) is 22.8 Å². The monoisotopic (exact) mass is 564 g/mol. The molecule has 12 heteroatoms. The Morgan fingerprint density at radius 3 is 2.27 bits per heavy atom. The van der Waals surface area contributed by atoms with Gasteiger partial charge in [0, 0.05) is 36.0 Å². The minimum atomic E-state index is -4.65. The van der Waals surface area contributed by atoms with Crippen molar-refractivity contribution in [3.8, 4) is 5.75 Å². The Kier molecular flexibility index (Phi) is 8.96. The molecule has 1 aliphatic rings. The lowest BCUT2D eigenvalue weighted by molar-refractivity contribution is -0.242. The molecule has 0 radical (unpaired) electrons. The molecule has 0 aliphatic carbocycles. The van der Waals surface area contributed by atoms with E-state index in [0.29, 0.717) is 24.6 Å². The summed E-state index contributed by atoms with van der Waals surface area (Å²) in [5.74, 6) is -0.109. The van der Waals surface area contributed by atoms with Crippen LogP contribution in [0.1, 0.15) is 34.6 Å². The highest BCUT2D eigenvalue weighted by Crippen LogP contribution is 2.39. The number of hydrogen-bond acceptors (Lipinski definition) is 6. The Balaban J connectivity index is 0.000000553. The van der Waals surface area contributed by atoms with E-state index in [-0.39, 0.29) is 0 Å². The van der Waals surface area contributed by atoms with E-state index in [4.69, 9.17) is 9.84 Å². The van der Waals surface area contributed by atoms with Crippen molar-refractivity contribution < 1.29 is 37.3 Å². The molecule has 1 aromatic rings. The zero-order chi connectivity index (χ0) is 23.3. The van der Waals surface area contributed by atoms with Crippen molar-refractivity contribution in [2.24, 2.45) is 5.41 Å². The number of carbonyl (C=O) groups excluding carboxylic acids is 1. The lowest BCUT2D eigenvalue weighted by Crippen LogP contribution is -2.44. The van der Waals surface area contributed by atoms with E-state index in [1.165, 1.54) is 9.12 Å². The van der Waals surface area contributed by atoms with Crippen LogP contribution in [-0.2, 0) is 9.53 Å². The summed E-state index contributed by atoms with van der Waals surface area (Å²) in [5.41, 5.74) is -2.09. The predicted molar refractivity (Wildman–Crippen MR) is 118 cm³/mol. The molecule has 30 heavy (non-hydrogen) atoms. The minimum Gasteiger partial charge on any atom is -0.489 e. The molecular formula is C18H24F3IN2O5S. The summed E-state index contributed by atoms with van der Waals surface area (Å²) in [4.78, 5) is 21.7. The van der Waals surface area contributed by atoms with Gasteiger partial charge < -0.3 is 18.9 Å².